The molecule has 0 aliphatic heterocycles. The molecule has 150 valence electrons. The second-order valence-electron chi connectivity index (χ2n) is 7.34. The van der Waals surface area contributed by atoms with Gasteiger partial charge in [0.15, 0.2) is 0 Å². The van der Waals surface area contributed by atoms with Gasteiger partial charge in [-0.15, -0.1) is 0 Å². The van der Waals surface area contributed by atoms with Crippen LogP contribution in [0.5, 0.6) is 0 Å². The van der Waals surface area contributed by atoms with E-state index in [1.165, 1.54) is 6.92 Å². The maximum Gasteiger partial charge on any atom is 0.472 e. The summed E-state index contributed by atoms with van der Waals surface area (Å²) in [6.07, 6.45) is 3.64. The molecule has 0 radical (unpaired) electrons. The third-order valence-electron chi connectivity index (χ3n) is 3.64. The summed E-state index contributed by atoms with van der Waals surface area (Å²) >= 11 is 0. The van der Waals surface area contributed by atoms with Crippen molar-refractivity contribution in [1.82, 2.24) is 5.32 Å². The molecule has 0 saturated heterocycles. The molecule has 0 aliphatic rings. The van der Waals surface area contributed by atoms with Gasteiger partial charge in [-0.3, -0.25) is 13.8 Å². The van der Waals surface area contributed by atoms with Crippen molar-refractivity contribution >= 4 is 13.7 Å². The van der Waals surface area contributed by atoms with Crippen LogP contribution in [0.1, 0.15) is 46.0 Å². The summed E-state index contributed by atoms with van der Waals surface area (Å²) in [4.78, 5) is 21.0. The van der Waals surface area contributed by atoms with Crippen LogP contribution in [0.4, 0.5) is 0 Å². The number of aliphatic hydroxyl groups excluding tert-OH is 1. The van der Waals surface area contributed by atoms with E-state index in [0.29, 0.717) is 17.4 Å². The normalized spacial score (nSPS) is 16.9. The van der Waals surface area contributed by atoms with Crippen LogP contribution >= 0.6 is 7.82 Å². The zero-order valence-corrected chi connectivity index (χ0v) is 17.1. The Morgan fingerprint density at radius 2 is 1.84 bits per heavy atom. The summed E-state index contributed by atoms with van der Waals surface area (Å²) in [5, 5.41) is 12.8. The van der Waals surface area contributed by atoms with Gasteiger partial charge in [0.2, 0.25) is 5.91 Å². The lowest BCUT2D eigenvalue weighted by atomic mass is 10.0. The molecular formula is C16H36N2O6P+. The van der Waals surface area contributed by atoms with Gasteiger partial charge in [0.25, 0.3) is 0 Å². The Labute approximate surface area is 151 Å². The number of aliphatic hydroxyl groups is 1. The van der Waals surface area contributed by atoms with Crippen molar-refractivity contribution in [3.63, 3.8) is 0 Å². The summed E-state index contributed by atoms with van der Waals surface area (Å²) in [6.45, 7) is 3.76. The zero-order chi connectivity index (χ0) is 19.5. The Kier molecular flexibility index (Phi) is 11.8. The molecule has 0 rings (SSSR count). The topological polar surface area (TPSA) is 105 Å². The highest BCUT2D eigenvalue weighted by molar-refractivity contribution is 7.47. The monoisotopic (exact) mass is 383 g/mol. The highest BCUT2D eigenvalue weighted by atomic mass is 31.2. The fourth-order valence-corrected chi connectivity index (χ4v) is 2.87. The summed E-state index contributed by atoms with van der Waals surface area (Å²) in [6, 6.07) is -0.749. The van der Waals surface area contributed by atoms with Gasteiger partial charge in [-0.05, 0) is 6.42 Å². The Bertz CT molecular complexity index is 427. The molecule has 0 fully saturated rings. The number of phosphoric ester groups is 1. The van der Waals surface area contributed by atoms with E-state index in [-0.39, 0.29) is 19.1 Å². The minimum Gasteiger partial charge on any atom is -0.391 e. The van der Waals surface area contributed by atoms with Gasteiger partial charge in [0.1, 0.15) is 13.2 Å². The van der Waals surface area contributed by atoms with E-state index in [1.807, 2.05) is 21.1 Å². The number of carbonyl (C=O) groups excluding carboxylic acids is 1. The van der Waals surface area contributed by atoms with Gasteiger partial charge < -0.3 is 19.8 Å². The first-order valence-corrected chi connectivity index (χ1v) is 10.3. The lowest BCUT2D eigenvalue weighted by molar-refractivity contribution is -0.870. The van der Waals surface area contributed by atoms with Gasteiger partial charge in [-0.1, -0.05) is 32.6 Å². The number of unbranched alkanes of at least 4 members (excludes halogenated alkanes) is 3. The molecule has 0 bridgehead atoms. The lowest BCUT2D eigenvalue weighted by Crippen LogP contribution is -2.45. The molecule has 0 aromatic heterocycles. The van der Waals surface area contributed by atoms with Crippen LogP contribution in [0.3, 0.4) is 0 Å². The van der Waals surface area contributed by atoms with Crippen molar-refractivity contribution in [3.05, 3.63) is 0 Å². The number of amides is 1. The van der Waals surface area contributed by atoms with E-state index in [1.54, 1.807) is 0 Å². The number of nitrogens with one attached hydrogen (secondary N) is 1. The van der Waals surface area contributed by atoms with Crippen LogP contribution in [0, 0.1) is 0 Å². The number of carbonyl (C=O) groups is 1. The third-order valence-corrected chi connectivity index (χ3v) is 4.62. The fourth-order valence-electron chi connectivity index (χ4n) is 2.13. The molecule has 9 heteroatoms. The lowest BCUT2D eigenvalue weighted by Gasteiger charge is -2.26. The predicted octanol–water partition coefficient (Wildman–Crippen LogP) is 1.66. The van der Waals surface area contributed by atoms with E-state index in [4.69, 9.17) is 9.05 Å². The van der Waals surface area contributed by atoms with Crippen molar-refractivity contribution in [2.24, 2.45) is 0 Å². The van der Waals surface area contributed by atoms with Crippen molar-refractivity contribution in [2.45, 2.75) is 58.1 Å². The van der Waals surface area contributed by atoms with E-state index in [2.05, 4.69) is 12.2 Å². The first kappa shape index (κ1) is 24.5. The molecule has 25 heavy (non-hydrogen) atoms. The van der Waals surface area contributed by atoms with E-state index < -0.39 is 20.0 Å². The Hall–Kier alpha value is -0.500. The van der Waals surface area contributed by atoms with Crippen molar-refractivity contribution in [3.8, 4) is 0 Å². The summed E-state index contributed by atoms with van der Waals surface area (Å²) in [7, 11) is 1.59. The second kappa shape index (κ2) is 12.0. The van der Waals surface area contributed by atoms with Gasteiger partial charge in [0.05, 0.1) is 39.9 Å². The Balaban J connectivity index is 4.44. The Morgan fingerprint density at radius 3 is 2.36 bits per heavy atom. The minimum atomic E-state index is -4.22. The fraction of sp³-hybridized carbons (Fsp3) is 0.938. The quantitative estimate of drug-likeness (QED) is 0.239. The molecule has 0 aromatic carbocycles. The standard InChI is InChI=1S/C16H35N2O6P/c1-6-7-8-9-10-16(20)15(17-14(2)19)13-24-25(21,22)23-12-11-18(3,4)5/h15-16,20H,6-13H2,1-5H3,(H-,17,19,21,22)/p+1. The van der Waals surface area contributed by atoms with Gasteiger partial charge in [-0.2, -0.15) is 0 Å². The molecule has 0 aliphatic carbocycles. The molecule has 3 atom stereocenters. The van der Waals surface area contributed by atoms with Crippen LogP contribution in [0.25, 0.3) is 0 Å². The molecule has 0 aromatic rings. The number of hydrogen-bond donors (Lipinski definition) is 3. The molecule has 0 saturated carbocycles. The molecule has 0 heterocycles. The summed E-state index contributed by atoms with van der Waals surface area (Å²) < 4.78 is 22.4. The average molecular weight is 383 g/mol. The minimum absolute atomic E-state index is 0.0711. The molecular weight excluding hydrogens is 347 g/mol. The molecule has 1 amide bonds. The first-order chi connectivity index (χ1) is 11.5. The molecule has 0 spiro atoms. The summed E-state index contributed by atoms with van der Waals surface area (Å²) in [5.74, 6) is -0.333. The van der Waals surface area contributed by atoms with E-state index >= 15 is 0 Å². The number of phosphoric acid groups is 1. The number of quaternary nitrogens is 1. The third kappa shape index (κ3) is 14.4. The smallest absolute Gasteiger partial charge is 0.391 e. The first-order valence-electron chi connectivity index (χ1n) is 8.84. The highest BCUT2D eigenvalue weighted by Gasteiger charge is 2.27. The van der Waals surface area contributed by atoms with Crippen LogP contribution in [0.2, 0.25) is 0 Å². The molecule has 8 nitrogen and oxygen atoms in total. The largest absolute Gasteiger partial charge is 0.472 e. The maximum absolute atomic E-state index is 11.9. The van der Waals surface area contributed by atoms with Crippen molar-refractivity contribution < 1.29 is 32.9 Å². The average Bonchev–Trinajstić information content (AvgIpc) is 2.45. The van der Waals surface area contributed by atoms with Crippen LogP contribution in [-0.4, -0.2) is 73.4 Å². The number of rotatable bonds is 14. The molecule has 3 N–H and O–H groups in total. The maximum atomic E-state index is 11.9. The van der Waals surface area contributed by atoms with Crippen molar-refractivity contribution in [2.75, 3.05) is 40.9 Å². The predicted molar refractivity (Wildman–Crippen MR) is 97.0 cm³/mol. The van der Waals surface area contributed by atoms with Gasteiger partial charge in [0, 0.05) is 6.92 Å². The van der Waals surface area contributed by atoms with Gasteiger partial charge >= 0.3 is 7.82 Å². The van der Waals surface area contributed by atoms with E-state index in [0.717, 1.165) is 25.7 Å². The number of likely N-dealkylation sites (N-methyl/N-ethyl adjacent to an activating group) is 1. The SMILES string of the molecule is CCCCCCC(O)C(COP(=O)(O)OCC[N+](C)(C)C)NC(C)=O. The van der Waals surface area contributed by atoms with Crippen LogP contribution < -0.4 is 5.32 Å². The number of nitrogens with zero attached hydrogens (tertiary/aromatic N) is 1. The zero-order valence-electron chi connectivity index (χ0n) is 16.2. The second-order valence-corrected chi connectivity index (χ2v) is 8.79. The molecule has 3 unspecified atom stereocenters. The highest BCUT2D eigenvalue weighted by Crippen LogP contribution is 2.43. The van der Waals surface area contributed by atoms with Crippen molar-refractivity contribution in [1.29, 1.82) is 0 Å². The summed E-state index contributed by atoms with van der Waals surface area (Å²) in [5.41, 5.74) is 0. The van der Waals surface area contributed by atoms with E-state index in [9.17, 15) is 19.4 Å². The van der Waals surface area contributed by atoms with Gasteiger partial charge in [-0.25, -0.2) is 4.57 Å². The van der Waals surface area contributed by atoms with Crippen LogP contribution in [-0.2, 0) is 18.4 Å². The number of hydrogen-bond acceptors (Lipinski definition) is 5. The van der Waals surface area contributed by atoms with Crippen LogP contribution in [0.15, 0.2) is 0 Å². The Morgan fingerprint density at radius 1 is 1.20 bits per heavy atom.